The van der Waals surface area contributed by atoms with Gasteiger partial charge < -0.3 is 5.11 Å². The minimum absolute atomic E-state index is 0.217. The number of benzene rings is 2. The molecule has 106 valence electrons. The van der Waals surface area contributed by atoms with E-state index in [9.17, 15) is 14.7 Å². The van der Waals surface area contributed by atoms with Crippen LogP contribution in [0.4, 0.5) is 0 Å². The number of likely N-dealkylation sites (N-methyl/N-ethyl adjacent to an activating group) is 1. The average molecular weight is 302 g/mol. The number of halogens is 1. The molecule has 1 aliphatic rings. The molecule has 2 aromatic carbocycles. The predicted molar refractivity (Wildman–Crippen MR) is 78.0 cm³/mol. The van der Waals surface area contributed by atoms with E-state index >= 15 is 0 Å². The van der Waals surface area contributed by atoms with E-state index < -0.39 is 17.4 Å². The van der Waals surface area contributed by atoms with E-state index in [4.69, 9.17) is 11.6 Å². The molecule has 1 N–H and O–H groups in total. The lowest BCUT2D eigenvalue weighted by molar-refractivity contribution is -0.145. The van der Waals surface area contributed by atoms with E-state index in [2.05, 4.69) is 0 Å². The summed E-state index contributed by atoms with van der Waals surface area (Å²) in [7, 11) is 1.36. The Morgan fingerprint density at radius 2 is 1.76 bits per heavy atom. The minimum Gasteiger partial charge on any atom is -0.372 e. The summed E-state index contributed by atoms with van der Waals surface area (Å²) in [6.07, 6.45) is 0. The van der Waals surface area contributed by atoms with Crippen LogP contribution in [-0.4, -0.2) is 28.9 Å². The lowest BCUT2D eigenvalue weighted by Gasteiger charge is -2.37. The van der Waals surface area contributed by atoms with Crippen LogP contribution < -0.4 is 0 Å². The Hall–Kier alpha value is -2.17. The molecule has 1 aliphatic heterocycles. The summed E-state index contributed by atoms with van der Waals surface area (Å²) in [5.41, 5.74) is -1.02. The Morgan fingerprint density at radius 1 is 1.10 bits per heavy atom. The van der Waals surface area contributed by atoms with Gasteiger partial charge >= 0.3 is 0 Å². The topological polar surface area (TPSA) is 57.6 Å². The number of hydrogen-bond acceptors (Lipinski definition) is 3. The predicted octanol–water partition coefficient (Wildman–Crippen LogP) is 2.19. The lowest BCUT2D eigenvalue weighted by Crippen LogP contribution is -2.53. The molecule has 5 heteroatoms. The van der Waals surface area contributed by atoms with Gasteiger partial charge in [0.2, 0.25) is 0 Å². The lowest BCUT2D eigenvalue weighted by atomic mass is 9.79. The largest absolute Gasteiger partial charge is 0.372 e. The minimum atomic E-state index is -1.91. The van der Waals surface area contributed by atoms with Crippen LogP contribution in [-0.2, 0) is 10.4 Å². The highest BCUT2D eigenvalue weighted by Gasteiger charge is 2.49. The third-order valence-corrected chi connectivity index (χ3v) is 3.95. The highest BCUT2D eigenvalue weighted by molar-refractivity contribution is 6.31. The molecule has 1 unspecified atom stereocenters. The molecule has 1 heterocycles. The summed E-state index contributed by atoms with van der Waals surface area (Å²) in [6.45, 7) is 0. The summed E-state index contributed by atoms with van der Waals surface area (Å²) in [5, 5.41) is 11.4. The summed E-state index contributed by atoms with van der Waals surface area (Å²) < 4.78 is 0. The molecule has 4 nitrogen and oxygen atoms in total. The first-order valence-corrected chi connectivity index (χ1v) is 6.74. The van der Waals surface area contributed by atoms with E-state index in [1.165, 1.54) is 19.2 Å². The van der Waals surface area contributed by atoms with Gasteiger partial charge in [-0.05, 0) is 23.8 Å². The van der Waals surface area contributed by atoms with Gasteiger partial charge in [-0.15, -0.1) is 0 Å². The van der Waals surface area contributed by atoms with E-state index in [1.54, 1.807) is 36.4 Å². The second-order valence-electron chi connectivity index (χ2n) is 4.94. The van der Waals surface area contributed by atoms with Gasteiger partial charge in [0.15, 0.2) is 5.60 Å². The van der Waals surface area contributed by atoms with Gasteiger partial charge in [-0.2, -0.15) is 0 Å². The first kappa shape index (κ1) is 13.8. The first-order chi connectivity index (χ1) is 9.96. The van der Waals surface area contributed by atoms with Gasteiger partial charge in [0.25, 0.3) is 11.8 Å². The van der Waals surface area contributed by atoms with Crippen molar-refractivity contribution < 1.29 is 14.7 Å². The average Bonchev–Trinajstić information content (AvgIpc) is 2.51. The zero-order chi connectivity index (χ0) is 15.2. The molecule has 0 aliphatic carbocycles. The van der Waals surface area contributed by atoms with Gasteiger partial charge in [-0.1, -0.05) is 41.9 Å². The zero-order valence-corrected chi connectivity index (χ0v) is 12.0. The monoisotopic (exact) mass is 301 g/mol. The molecule has 0 spiro atoms. The third kappa shape index (κ3) is 1.87. The van der Waals surface area contributed by atoms with Gasteiger partial charge in [-0.25, -0.2) is 0 Å². The van der Waals surface area contributed by atoms with Crippen molar-refractivity contribution in [2.75, 3.05) is 7.05 Å². The van der Waals surface area contributed by atoms with Crippen molar-refractivity contribution in [2.45, 2.75) is 5.60 Å². The fraction of sp³-hybridized carbons (Fsp3) is 0.125. The van der Waals surface area contributed by atoms with Gasteiger partial charge in [0.05, 0.1) is 0 Å². The number of nitrogens with zero attached hydrogens (tertiary/aromatic N) is 1. The highest BCUT2D eigenvalue weighted by Crippen LogP contribution is 2.38. The highest BCUT2D eigenvalue weighted by atomic mass is 35.5. The molecule has 1 atom stereocenters. The van der Waals surface area contributed by atoms with Crippen molar-refractivity contribution in [1.29, 1.82) is 0 Å². The molecule has 3 rings (SSSR count). The van der Waals surface area contributed by atoms with Crippen molar-refractivity contribution in [2.24, 2.45) is 0 Å². The van der Waals surface area contributed by atoms with Crippen molar-refractivity contribution in [3.8, 4) is 0 Å². The maximum absolute atomic E-state index is 12.5. The molecular formula is C16H12ClNO3. The van der Waals surface area contributed by atoms with Crippen molar-refractivity contribution in [1.82, 2.24) is 4.90 Å². The number of fused-ring (bicyclic) bond motifs is 1. The molecule has 0 aromatic heterocycles. The van der Waals surface area contributed by atoms with E-state index in [1.807, 2.05) is 0 Å². The molecule has 0 fully saturated rings. The van der Waals surface area contributed by atoms with Crippen LogP contribution in [0.15, 0.2) is 48.5 Å². The molecule has 0 saturated heterocycles. The molecule has 21 heavy (non-hydrogen) atoms. The molecule has 0 bridgehead atoms. The number of hydrogen-bond donors (Lipinski definition) is 1. The Bertz CT molecular complexity index is 744. The normalized spacial score (nSPS) is 21.4. The molecular weight excluding hydrogens is 290 g/mol. The van der Waals surface area contributed by atoms with Crippen molar-refractivity contribution in [3.63, 3.8) is 0 Å². The Kier molecular flexibility index (Phi) is 3.08. The van der Waals surface area contributed by atoms with Crippen LogP contribution in [0.5, 0.6) is 0 Å². The Morgan fingerprint density at radius 3 is 2.43 bits per heavy atom. The van der Waals surface area contributed by atoms with Crippen LogP contribution in [0.25, 0.3) is 0 Å². The number of carbonyl (C=O) groups is 2. The number of rotatable bonds is 1. The quantitative estimate of drug-likeness (QED) is 0.822. The summed E-state index contributed by atoms with van der Waals surface area (Å²) >= 11 is 5.98. The van der Waals surface area contributed by atoms with Gasteiger partial charge in [0.1, 0.15) is 0 Å². The number of carbonyl (C=O) groups excluding carboxylic acids is 2. The summed E-state index contributed by atoms with van der Waals surface area (Å²) in [4.78, 5) is 25.7. The van der Waals surface area contributed by atoms with Gasteiger partial charge in [0, 0.05) is 23.2 Å². The molecule has 0 radical (unpaired) electrons. The maximum Gasteiger partial charge on any atom is 0.270 e. The van der Waals surface area contributed by atoms with Crippen molar-refractivity contribution >= 4 is 23.4 Å². The van der Waals surface area contributed by atoms with Crippen LogP contribution >= 0.6 is 11.6 Å². The summed E-state index contributed by atoms with van der Waals surface area (Å²) in [6, 6.07) is 13.1. The van der Waals surface area contributed by atoms with Crippen LogP contribution in [0, 0.1) is 0 Å². The first-order valence-electron chi connectivity index (χ1n) is 6.36. The second kappa shape index (κ2) is 4.69. The molecule has 0 saturated carbocycles. The Labute approximate surface area is 126 Å². The number of amides is 2. The van der Waals surface area contributed by atoms with Crippen LogP contribution in [0.1, 0.15) is 21.5 Å². The standard InChI is InChI=1S/C16H12ClNO3/c1-18-14(19)12-8-7-11(17)9-13(12)16(21,15(18)20)10-5-3-2-4-6-10/h2-9,21H,1H3. The van der Waals surface area contributed by atoms with Gasteiger partial charge in [-0.3, -0.25) is 14.5 Å². The second-order valence-corrected chi connectivity index (χ2v) is 5.37. The van der Waals surface area contributed by atoms with Crippen LogP contribution in [0.3, 0.4) is 0 Å². The fourth-order valence-corrected chi connectivity index (χ4v) is 2.76. The number of aliphatic hydroxyl groups is 1. The fourth-order valence-electron chi connectivity index (χ4n) is 2.59. The number of imide groups is 1. The van der Waals surface area contributed by atoms with E-state index in [0.717, 1.165) is 4.90 Å². The zero-order valence-electron chi connectivity index (χ0n) is 11.2. The Balaban J connectivity index is 2.35. The molecule has 2 amide bonds. The summed E-state index contributed by atoms with van der Waals surface area (Å²) in [5.74, 6) is -1.14. The third-order valence-electron chi connectivity index (χ3n) is 3.71. The van der Waals surface area contributed by atoms with E-state index in [0.29, 0.717) is 10.6 Å². The smallest absolute Gasteiger partial charge is 0.270 e. The molecule has 2 aromatic rings. The SMILES string of the molecule is CN1C(=O)c2ccc(Cl)cc2C(O)(c2ccccc2)C1=O. The van der Waals surface area contributed by atoms with Crippen molar-refractivity contribution in [3.05, 3.63) is 70.2 Å². The van der Waals surface area contributed by atoms with Crippen LogP contribution in [0.2, 0.25) is 5.02 Å². The van der Waals surface area contributed by atoms with E-state index in [-0.39, 0.29) is 11.1 Å². The maximum atomic E-state index is 12.5.